The number of carbonyl (C=O) groups excluding carboxylic acids is 1. The first kappa shape index (κ1) is 28.4. The van der Waals surface area contributed by atoms with Crippen LogP contribution in [0.2, 0.25) is 0 Å². The summed E-state index contributed by atoms with van der Waals surface area (Å²) in [6.07, 6.45) is 3.70. The van der Waals surface area contributed by atoms with Gasteiger partial charge in [0, 0.05) is 31.4 Å². The van der Waals surface area contributed by atoms with Gasteiger partial charge in [-0.3, -0.25) is 4.79 Å². The van der Waals surface area contributed by atoms with Crippen LogP contribution in [-0.4, -0.2) is 53.9 Å². The number of hydrogen-bond donors (Lipinski definition) is 4. The van der Waals surface area contributed by atoms with Crippen molar-refractivity contribution >= 4 is 43.1 Å². The van der Waals surface area contributed by atoms with Gasteiger partial charge in [-0.2, -0.15) is 0 Å². The lowest BCUT2D eigenvalue weighted by Crippen LogP contribution is -2.49. The maximum Gasteiger partial charge on any atom is 0.252 e. The van der Waals surface area contributed by atoms with Crippen LogP contribution in [0.15, 0.2) is 42.6 Å². The van der Waals surface area contributed by atoms with Gasteiger partial charge >= 0.3 is 0 Å². The minimum atomic E-state index is -0.664. The Morgan fingerprint density at radius 1 is 1.12 bits per heavy atom. The summed E-state index contributed by atoms with van der Waals surface area (Å²) in [5.74, 6) is 0.291. The van der Waals surface area contributed by atoms with Crippen molar-refractivity contribution in [2.45, 2.75) is 44.1 Å². The number of piperidine rings is 1. The monoisotopic (exact) mass is 504 g/mol. The third-order valence-corrected chi connectivity index (χ3v) is 5.62. The van der Waals surface area contributed by atoms with E-state index in [2.05, 4.69) is 33.1 Å². The Kier molecular flexibility index (Phi) is 12.3. The molecule has 1 saturated heterocycles. The summed E-state index contributed by atoms with van der Waals surface area (Å²) in [5.41, 5.74) is 2.96. The van der Waals surface area contributed by atoms with Crippen LogP contribution in [0.1, 0.15) is 34.3 Å². The van der Waals surface area contributed by atoms with E-state index in [1.807, 2.05) is 12.1 Å². The third kappa shape index (κ3) is 7.47. The second-order valence-corrected chi connectivity index (χ2v) is 7.69. The number of amides is 1. The zero-order valence-corrected chi connectivity index (χ0v) is 20.1. The molecule has 2 aliphatic heterocycles. The Morgan fingerprint density at radius 3 is 2.53 bits per heavy atom. The lowest BCUT2D eigenvalue weighted by Gasteiger charge is -2.30. The van der Waals surface area contributed by atoms with E-state index in [1.165, 1.54) is 17.3 Å². The minimum absolute atomic E-state index is 0. The molecule has 4 N–H and O–H groups in total. The summed E-state index contributed by atoms with van der Waals surface area (Å²) >= 11 is 0. The van der Waals surface area contributed by atoms with Crippen molar-refractivity contribution < 1.29 is 14.6 Å². The fraction of sp³-hybridized carbons (Fsp3) is 0.455. The van der Waals surface area contributed by atoms with Gasteiger partial charge in [-0.15, -0.1) is 37.2 Å². The predicted octanol–water partition coefficient (Wildman–Crippen LogP) is 2.28. The van der Waals surface area contributed by atoms with Gasteiger partial charge in [0.25, 0.3) is 5.91 Å². The molecule has 1 amide bonds. The highest BCUT2D eigenvalue weighted by Crippen LogP contribution is 2.18. The topological polar surface area (TPSA) is 95.5 Å². The molecule has 0 spiro atoms. The molecule has 1 aromatic carbocycles. The molecule has 0 bridgehead atoms. The first-order chi connectivity index (χ1) is 14.2. The summed E-state index contributed by atoms with van der Waals surface area (Å²) in [4.78, 5) is 16.7. The Labute approximate surface area is 207 Å². The van der Waals surface area contributed by atoms with Crippen molar-refractivity contribution in [3.05, 3.63) is 59.3 Å². The van der Waals surface area contributed by atoms with Gasteiger partial charge < -0.3 is 25.8 Å². The van der Waals surface area contributed by atoms with Crippen molar-refractivity contribution in [2.24, 2.45) is 0 Å². The number of ether oxygens (including phenoxy) is 1. The van der Waals surface area contributed by atoms with E-state index in [1.54, 1.807) is 12.1 Å². The zero-order chi connectivity index (χ0) is 20.1. The molecule has 0 radical (unpaired) electrons. The lowest BCUT2D eigenvalue weighted by atomic mass is 9.93. The highest BCUT2D eigenvalue weighted by Gasteiger charge is 2.24. The van der Waals surface area contributed by atoms with Crippen LogP contribution >= 0.6 is 37.2 Å². The van der Waals surface area contributed by atoms with Gasteiger partial charge in [0.1, 0.15) is 6.10 Å². The van der Waals surface area contributed by atoms with E-state index in [4.69, 9.17) is 4.74 Å². The predicted molar refractivity (Wildman–Crippen MR) is 132 cm³/mol. The van der Waals surface area contributed by atoms with Crippen molar-refractivity contribution in [1.29, 1.82) is 0 Å². The number of aliphatic hydroxyl groups excluding tert-OH is 1. The largest absolute Gasteiger partial charge is 0.474 e. The molecular weight excluding hydrogens is 475 g/mol. The van der Waals surface area contributed by atoms with Crippen LogP contribution in [0.5, 0.6) is 5.88 Å². The average Bonchev–Trinajstić information content (AvgIpc) is 2.78. The molecule has 3 heterocycles. The van der Waals surface area contributed by atoms with E-state index in [9.17, 15) is 9.90 Å². The van der Waals surface area contributed by atoms with Gasteiger partial charge in [0.2, 0.25) is 5.88 Å². The Hall–Kier alpha value is -1.61. The first-order valence-electron chi connectivity index (χ1n) is 10.3. The molecule has 1 unspecified atom stereocenters. The van der Waals surface area contributed by atoms with Crippen LogP contribution in [0.25, 0.3) is 0 Å². The summed E-state index contributed by atoms with van der Waals surface area (Å²) in [6, 6.07) is 11.6. The number of pyridine rings is 1. The van der Waals surface area contributed by atoms with Crippen LogP contribution in [0, 0.1) is 0 Å². The average molecular weight is 506 g/mol. The molecule has 0 saturated carbocycles. The lowest BCUT2D eigenvalue weighted by molar-refractivity contribution is 0.0869. The number of hydrogen-bond acceptors (Lipinski definition) is 6. The molecule has 10 heteroatoms. The number of rotatable bonds is 6. The number of fused-ring (bicyclic) bond motifs is 1. The molecular formula is C22H31Cl3N4O3. The van der Waals surface area contributed by atoms with Crippen LogP contribution < -0.4 is 20.7 Å². The SMILES string of the molecule is Cl.Cl.Cl.O=C(NCC(O)[C@@H]1Cc2ccccc2CN1)c1ccc(OC2CCNCC2)nc1. The van der Waals surface area contributed by atoms with Gasteiger partial charge in [0.15, 0.2) is 0 Å². The molecule has 178 valence electrons. The van der Waals surface area contributed by atoms with Crippen LogP contribution in [0.4, 0.5) is 0 Å². The number of nitrogens with one attached hydrogen (secondary N) is 3. The van der Waals surface area contributed by atoms with Gasteiger partial charge in [0.05, 0.1) is 11.7 Å². The standard InChI is InChI=1S/C22H28N4O3.3ClH/c27-20(19-11-15-3-1-2-4-16(15)12-24-19)14-26-22(28)17-5-6-21(25-13-17)29-18-7-9-23-10-8-18;;;/h1-6,13,18-20,23-24,27H,7-12,14H2,(H,26,28);3*1H/t19-,20?;;;/m0.../s1. The van der Waals surface area contributed by atoms with Crippen LogP contribution in [0.3, 0.4) is 0 Å². The zero-order valence-electron chi connectivity index (χ0n) is 17.7. The fourth-order valence-corrected chi connectivity index (χ4v) is 3.86. The molecule has 2 aliphatic rings. The van der Waals surface area contributed by atoms with Crippen molar-refractivity contribution in [3.63, 3.8) is 0 Å². The van der Waals surface area contributed by atoms with E-state index < -0.39 is 6.10 Å². The molecule has 32 heavy (non-hydrogen) atoms. The highest BCUT2D eigenvalue weighted by atomic mass is 35.5. The minimum Gasteiger partial charge on any atom is -0.474 e. The molecule has 2 atom stereocenters. The summed E-state index contributed by atoms with van der Waals surface area (Å²) in [7, 11) is 0. The molecule has 1 fully saturated rings. The molecule has 0 aliphatic carbocycles. The number of benzene rings is 1. The second-order valence-electron chi connectivity index (χ2n) is 7.69. The fourth-order valence-electron chi connectivity index (χ4n) is 3.86. The number of carbonyl (C=O) groups is 1. The molecule has 4 rings (SSSR count). The van der Waals surface area contributed by atoms with Gasteiger partial charge in [-0.1, -0.05) is 24.3 Å². The smallest absolute Gasteiger partial charge is 0.252 e. The normalized spacial score (nSPS) is 18.6. The number of halogens is 3. The highest BCUT2D eigenvalue weighted by molar-refractivity contribution is 5.93. The number of aromatic nitrogens is 1. The van der Waals surface area contributed by atoms with E-state index in [0.717, 1.165) is 38.9 Å². The summed E-state index contributed by atoms with van der Waals surface area (Å²) in [5, 5.41) is 20.0. The van der Waals surface area contributed by atoms with Crippen molar-refractivity contribution in [1.82, 2.24) is 20.9 Å². The maximum atomic E-state index is 12.4. The Bertz CT molecular complexity index is 835. The summed E-state index contributed by atoms with van der Waals surface area (Å²) in [6.45, 7) is 2.82. The Balaban J connectivity index is 0.00000171. The Morgan fingerprint density at radius 2 is 1.84 bits per heavy atom. The summed E-state index contributed by atoms with van der Waals surface area (Å²) < 4.78 is 5.87. The second kappa shape index (κ2) is 13.8. The maximum absolute atomic E-state index is 12.4. The van der Waals surface area contributed by atoms with E-state index in [0.29, 0.717) is 11.4 Å². The van der Waals surface area contributed by atoms with Crippen LogP contribution in [-0.2, 0) is 13.0 Å². The van der Waals surface area contributed by atoms with Gasteiger partial charge in [-0.25, -0.2) is 4.98 Å². The quantitative estimate of drug-likeness (QED) is 0.481. The first-order valence-corrected chi connectivity index (χ1v) is 10.3. The van der Waals surface area contributed by atoms with E-state index in [-0.39, 0.29) is 61.8 Å². The molecule has 1 aromatic heterocycles. The number of nitrogens with zero attached hydrogens (tertiary/aromatic N) is 1. The van der Waals surface area contributed by atoms with Crippen molar-refractivity contribution in [2.75, 3.05) is 19.6 Å². The van der Waals surface area contributed by atoms with E-state index >= 15 is 0 Å². The number of aliphatic hydroxyl groups is 1. The molecule has 7 nitrogen and oxygen atoms in total. The third-order valence-electron chi connectivity index (χ3n) is 5.62. The van der Waals surface area contributed by atoms with Gasteiger partial charge in [-0.05, 0) is 49.5 Å². The molecule has 2 aromatic rings. The van der Waals surface area contributed by atoms with Crippen molar-refractivity contribution in [3.8, 4) is 5.88 Å².